The highest BCUT2D eigenvalue weighted by Crippen LogP contribution is 2.20. The molecule has 1 aromatic carbocycles. The van der Waals surface area contributed by atoms with Gasteiger partial charge in [-0.05, 0) is 18.4 Å². The van der Waals surface area contributed by atoms with Gasteiger partial charge in [-0.25, -0.2) is 9.78 Å². The average molecular weight is 256 g/mol. The van der Waals surface area contributed by atoms with Crippen molar-refractivity contribution < 1.29 is 9.90 Å². The third-order valence-electron chi connectivity index (χ3n) is 2.95. The van der Waals surface area contributed by atoms with E-state index in [0.29, 0.717) is 5.69 Å². The summed E-state index contributed by atoms with van der Waals surface area (Å²) in [5.41, 5.74) is 2.44. The Balaban J connectivity index is 2.30. The fraction of sp³-hybridized carbons (Fsp3) is 0.267. The fourth-order valence-corrected chi connectivity index (χ4v) is 1.92. The van der Waals surface area contributed by atoms with Gasteiger partial charge in [0.25, 0.3) is 0 Å². The van der Waals surface area contributed by atoms with Crippen LogP contribution in [0.1, 0.15) is 35.8 Å². The molecule has 0 amide bonds. The lowest BCUT2D eigenvalue weighted by molar-refractivity contribution is 0.0691. The molecule has 0 fully saturated rings. The largest absolute Gasteiger partial charge is 0.476 e. The first-order valence-corrected chi connectivity index (χ1v) is 6.36. The van der Waals surface area contributed by atoms with Crippen LogP contribution in [0.4, 0.5) is 0 Å². The van der Waals surface area contributed by atoms with Gasteiger partial charge >= 0.3 is 5.97 Å². The molecule has 1 heterocycles. The molecule has 19 heavy (non-hydrogen) atoms. The number of carbonyl (C=O) groups is 1. The number of aromatic carboxylic acids is 1. The molecule has 0 atom stereocenters. The normalized spacial score (nSPS) is 10.4. The number of unbranched alkanes of at least 4 members (excludes halogenated alkanes) is 1. The predicted molar refractivity (Wildman–Crippen MR) is 73.0 cm³/mol. The topological polar surface area (TPSA) is 63.1 Å². The maximum absolute atomic E-state index is 11.1. The van der Waals surface area contributed by atoms with Gasteiger partial charge in [0.2, 0.25) is 0 Å². The van der Waals surface area contributed by atoms with Crippen molar-refractivity contribution >= 4 is 5.97 Å². The second-order valence-corrected chi connectivity index (χ2v) is 4.36. The summed E-state index contributed by atoms with van der Waals surface area (Å²) < 4.78 is 0. The molecule has 0 aliphatic carbocycles. The molecular formula is C15H16N2O2. The Morgan fingerprint density at radius 2 is 1.84 bits per heavy atom. The van der Waals surface area contributed by atoms with Gasteiger partial charge in [-0.1, -0.05) is 37.6 Å². The van der Waals surface area contributed by atoms with Crippen molar-refractivity contribution in [1.29, 1.82) is 0 Å². The van der Waals surface area contributed by atoms with E-state index in [2.05, 4.69) is 16.9 Å². The van der Waals surface area contributed by atoms with Crippen LogP contribution >= 0.6 is 0 Å². The van der Waals surface area contributed by atoms with Gasteiger partial charge in [0.1, 0.15) is 5.69 Å². The molecule has 2 rings (SSSR count). The number of aromatic nitrogens is 2. The quantitative estimate of drug-likeness (QED) is 0.892. The second kappa shape index (κ2) is 6.09. The van der Waals surface area contributed by atoms with Crippen LogP contribution in [0.2, 0.25) is 0 Å². The molecule has 98 valence electrons. The Bertz CT molecular complexity index is 565. The number of hydrogen-bond donors (Lipinski definition) is 1. The Kier molecular flexibility index (Phi) is 4.23. The highest BCUT2D eigenvalue weighted by atomic mass is 16.4. The van der Waals surface area contributed by atoms with Gasteiger partial charge in [0.15, 0.2) is 5.69 Å². The van der Waals surface area contributed by atoms with Crippen LogP contribution in [0.25, 0.3) is 11.3 Å². The van der Waals surface area contributed by atoms with E-state index in [-0.39, 0.29) is 5.69 Å². The molecule has 1 aromatic heterocycles. The molecule has 0 radical (unpaired) electrons. The van der Waals surface area contributed by atoms with Crippen molar-refractivity contribution in [3.8, 4) is 11.3 Å². The van der Waals surface area contributed by atoms with Crippen molar-refractivity contribution in [3.05, 3.63) is 47.9 Å². The van der Waals surface area contributed by atoms with Crippen LogP contribution in [0, 0.1) is 0 Å². The van der Waals surface area contributed by atoms with E-state index in [9.17, 15) is 4.79 Å². The summed E-state index contributed by atoms with van der Waals surface area (Å²) in [5.74, 6) is -1.06. The molecule has 2 aromatic rings. The summed E-state index contributed by atoms with van der Waals surface area (Å²) in [5, 5.41) is 9.10. The minimum atomic E-state index is -1.06. The fourth-order valence-electron chi connectivity index (χ4n) is 1.92. The lowest BCUT2D eigenvalue weighted by atomic mass is 10.0. The van der Waals surface area contributed by atoms with Gasteiger partial charge in [0, 0.05) is 18.0 Å². The number of carboxylic acid groups (broad SMARTS) is 1. The van der Waals surface area contributed by atoms with Crippen LogP contribution in [0.5, 0.6) is 0 Å². The highest BCUT2D eigenvalue weighted by Gasteiger charge is 2.13. The van der Waals surface area contributed by atoms with Gasteiger partial charge in [-0.3, -0.25) is 4.98 Å². The van der Waals surface area contributed by atoms with E-state index in [1.807, 2.05) is 24.3 Å². The van der Waals surface area contributed by atoms with Crippen LogP contribution in [0.15, 0.2) is 36.7 Å². The molecular weight excluding hydrogens is 240 g/mol. The zero-order chi connectivity index (χ0) is 13.7. The Hall–Kier alpha value is -2.23. The molecule has 4 heteroatoms. The van der Waals surface area contributed by atoms with Crippen LogP contribution in [-0.2, 0) is 6.42 Å². The van der Waals surface area contributed by atoms with Gasteiger partial charge in [-0.15, -0.1) is 0 Å². The zero-order valence-electron chi connectivity index (χ0n) is 10.8. The SMILES string of the molecule is CCCCc1ccc(-c2nccnc2C(=O)O)cc1. The maximum Gasteiger partial charge on any atom is 0.356 e. The molecule has 0 saturated heterocycles. The third-order valence-corrected chi connectivity index (χ3v) is 2.95. The first-order chi connectivity index (χ1) is 9.22. The third kappa shape index (κ3) is 3.16. The summed E-state index contributed by atoms with van der Waals surface area (Å²) in [6, 6.07) is 7.85. The number of aryl methyl sites for hydroxylation is 1. The van der Waals surface area contributed by atoms with Crippen LogP contribution in [0.3, 0.4) is 0 Å². The van der Waals surface area contributed by atoms with Crippen LogP contribution in [-0.4, -0.2) is 21.0 Å². The van der Waals surface area contributed by atoms with E-state index in [1.165, 1.54) is 18.0 Å². The summed E-state index contributed by atoms with van der Waals surface area (Å²) >= 11 is 0. The van der Waals surface area contributed by atoms with E-state index < -0.39 is 5.97 Å². The van der Waals surface area contributed by atoms with Crippen molar-refractivity contribution in [2.45, 2.75) is 26.2 Å². The van der Waals surface area contributed by atoms with Crippen molar-refractivity contribution in [3.63, 3.8) is 0 Å². The number of hydrogen-bond acceptors (Lipinski definition) is 3. The van der Waals surface area contributed by atoms with Crippen LogP contribution < -0.4 is 0 Å². The molecule has 0 aliphatic rings. The average Bonchev–Trinajstić information content (AvgIpc) is 2.45. The summed E-state index contributed by atoms with van der Waals surface area (Å²) in [7, 11) is 0. The number of benzene rings is 1. The molecule has 0 saturated carbocycles. The number of carboxylic acids is 1. The highest BCUT2D eigenvalue weighted by molar-refractivity contribution is 5.92. The monoisotopic (exact) mass is 256 g/mol. The summed E-state index contributed by atoms with van der Waals surface area (Å²) in [6.45, 7) is 2.16. The minimum absolute atomic E-state index is 0.0104. The van der Waals surface area contributed by atoms with Crippen molar-refractivity contribution in [2.75, 3.05) is 0 Å². The lowest BCUT2D eigenvalue weighted by Gasteiger charge is -2.05. The molecule has 0 bridgehead atoms. The van der Waals surface area contributed by atoms with Crippen molar-refractivity contribution in [2.24, 2.45) is 0 Å². The van der Waals surface area contributed by atoms with Crippen molar-refractivity contribution in [1.82, 2.24) is 9.97 Å². The number of rotatable bonds is 5. The standard InChI is InChI=1S/C15H16N2O2/c1-2-3-4-11-5-7-12(8-6-11)13-14(15(18)19)17-10-9-16-13/h5-10H,2-4H2,1H3,(H,18,19). The molecule has 0 aliphatic heterocycles. The summed E-state index contributed by atoms with van der Waals surface area (Å²) in [4.78, 5) is 19.1. The first kappa shape index (κ1) is 13.2. The maximum atomic E-state index is 11.1. The molecule has 4 nitrogen and oxygen atoms in total. The molecule has 0 spiro atoms. The zero-order valence-corrected chi connectivity index (χ0v) is 10.8. The Morgan fingerprint density at radius 1 is 1.16 bits per heavy atom. The predicted octanol–water partition coefficient (Wildman–Crippen LogP) is 3.18. The van der Waals surface area contributed by atoms with E-state index in [4.69, 9.17) is 5.11 Å². The van der Waals surface area contributed by atoms with Gasteiger partial charge in [-0.2, -0.15) is 0 Å². The van der Waals surface area contributed by atoms with E-state index in [0.717, 1.165) is 24.8 Å². The lowest BCUT2D eigenvalue weighted by Crippen LogP contribution is -2.04. The molecule has 0 unspecified atom stereocenters. The smallest absolute Gasteiger partial charge is 0.356 e. The van der Waals surface area contributed by atoms with Gasteiger partial charge in [0.05, 0.1) is 0 Å². The second-order valence-electron chi connectivity index (χ2n) is 4.36. The Labute approximate surface area is 112 Å². The number of nitrogens with zero attached hydrogens (tertiary/aromatic N) is 2. The summed E-state index contributed by atoms with van der Waals surface area (Å²) in [6.07, 6.45) is 6.26. The first-order valence-electron chi connectivity index (χ1n) is 6.36. The molecule has 1 N–H and O–H groups in total. The van der Waals surface area contributed by atoms with Gasteiger partial charge < -0.3 is 5.11 Å². The van der Waals surface area contributed by atoms with E-state index in [1.54, 1.807) is 0 Å². The minimum Gasteiger partial charge on any atom is -0.476 e. The Morgan fingerprint density at radius 3 is 2.47 bits per heavy atom. The van der Waals surface area contributed by atoms with E-state index >= 15 is 0 Å².